The van der Waals surface area contributed by atoms with Crippen LogP contribution < -0.4 is 0 Å². The molecule has 114 valence electrons. The van der Waals surface area contributed by atoms with Crippen LogP contribution in [0, 0.1) is 5.41 Å². The van der Waals surface area contributed by atoms with E-state index in [-0.39, 0.29) is 17.7 Å². The third-order valence-corrected chi connectivity index (χ3v) is 4.64. The number of amides is 1. The van der Waals surface area contributed by atoms with Gasteiger partial charge in [0.25, 0.3) is 5.91 Å². The number of nitrogens with zero attached hydrogens (tertiary/aromatic N) is 1. The molecule has 1 aliphatic heterocycles. The van der Waals surface area contributed by atoms with Gasteiger partial charge in [0.1, 0.15) is 0 Å². The second-order valence-electron chi connectivity index (χ2n) is 6.55. The molecule has 1 heterocycles. The molecule has 1 atom stereocenters. The maximum absolute atomic E-state index is 12.5. The van der Waals surface area contributed by atoms with Crippen LogP contribution in [0.1, 0.15) is 45.6 Å². The summed E-state index contributed by atoms with van der Waals surface area (Å²) >= 11 is 0. The van der Waals surface area contributed by atoms with Gasteiger partial charge < -0.3 is 4.90 Å². The number of rotatable bonds is 5. The largest absolute Gasteiger partial charge is 0.333 e. The standard InChI is InChI=1S/C18H25NO2/c1-4-18(2,3)16(20)17(21)19-12-8-11-15(19)13-14-9-6-5-7-10-14/h5-7,9-10,15H,4,8,11-13H2,1-3H3/t15-/m1/s1. The minimum Gasteiger partial charge on any atom is -0.333 e. The van der Waals surface area contributed by atoms with Gasteiger partial charge in [-0.05, 0) is 31.2 Å². The molecule has 1 aliphatic rings. The number of ketones is 1. The van der Waals surface area contributed by atoms with E-state index in [1.807, 2.05) is 39.0 Å². The Hall–Kier alpha value is -1.64. The summed E-state index contributed by atoms with van der Waals surface area (Å²) in [4.78, 5) is 26.7. The molecule has 1 aromatic carbocycles. The van der Waals surface area contributed by atoms with E-state index in [0.717, 1.165) is 19.3 Å². The van der Waals surface area contributed by atoms with Crippen molar-refractivity contribution in [2.45, 2.75) is 52.5 Å². The highest BCUT2D eigenvalue weighted by Gasteiger charge is 2.38. The van der Waals surface area contributed by atoms with Crippen molar-refractivity contribution in [3.05, 3.63) is 35.9 Å². The molecular weight excluding hydrogens is 262 g/mol. The topological polar surface area (TPSA) is 37.4 Å². The van der Waals surface area contributed by atoms with E-state index in [1.54, 1.807) is 4.90 Å². The van der Waals surface area contributed by atoms with Gasteiger partial charge in [-0.1, -0.05) is 51.1 Å². The van der Waals surface area contributed by atoms with Crippen molar-refractivity contribution in [3.63, 3.8) is 0 Å². The minimum atomic E-state index is -0.559. The Morgan fingerprint density at radius 2 is 1.90 bits per heavy atom. The van der Waals surface area contributed by atoms with Gasteiger partial charge in [-0.25, -0.2) is 0 Å². The Bertz CT molecular complexity index is 507. The lowest BCUT2D eigenvalue weighted by Gasteiger charge is -2.28. The molecule has 0 spiro atoms. The number of carbonyl (C=O) groups is 2. The molecule has 0 aliphatic carbocycles. The Balaban J connectivity index is 2.08. The van der Waals surface area contributed by atoms with Crippen LogP contribution in [-0.4, -0.2) is 29.2 Å². The Morgan fingerprint density at radius 3 is 2.52 bits per heavy atom. The van der Waals surface area contributed by atoms with Crippen molar-refractivity contribution in [1.82, 2.24) is 4.90 Å². The Kier molecular flexibility index (Phi) is 4.81. The number of carbonyl (C=O) groups excluding carboxylic acids is 2. The van der Waals surface area contributed by atoms with E-state index in [1.165, 1.54) is 5.56 Å². The monoisotopic (exact) mass is 287 g/mol. The van der Waals surface area contributed by atoms with Crippen LogP contribution in [0.5, 0.6) is 0 Å². The molecule has 0 saturated carbocycles. The zero-order valence-corrected chi connectivity index (χ0v) is 13.3. The van der Waals surface area contributed by atoms with Crippen LogP contribution in [0.25, 0.3) is 0 Å². The summed E-state index contributed by atoms with van der Waals surface area (Å²) in [7, 11) is 0. The molecule has 3 nitrogen and oxygen atoms in total. The number of hydrogen-bond donors (Lipinski definition) is 0. The van der Waals surface area contributed by atoms with Crippen molar-refractivity contribution in [3.8, 4) is 0 Å². The third-order valence-electron chi connectivity index (χ3n) is 4.64. The van der Waals surface area contributed by atoms with Crippen LogP contribution in [0.15, 0.2) is 30.3 Å². The van der Waals surface area contributed by atoms with Crippen LogP contribution >= 0.6 is 0 Å². The van der Waals surface area contributed by atoms with E-state index in [2.05, 4.69) is 12.1 Å². The predicted octanol–water partition coefficient (Wildman–Crippen LogP) is 3.23. The summed E-state index contributed by atoms with van der Waals surface area (Å²) in [6.45, 7) is 6.38. The molecule has 0 radical (unpaired) electrons. The zero-order chi connectivity index (χ0) is 15.5. The summed E-state index contributed by atoms with van der Waals surface area (Å²) in [5, 5.41) is 0. The number of benzene rings is 1. The zero-order valence-electron chi connectivity index (χ0n) is 13.3. The molecule has 21 heavy (non-hydrogen) atoms. The van der Waals surface area contributed by atoms with Crippen molar-refractivity contribution in [2.75, 3.05) is 6.54 Å². The van der Waals surface area contributed by atoms with Gasteiger partial charge in [0, 0.05) is 18.0 Å². The molecule has 1 aromatic rings. The molecule has 0 bridgehead atoms. The first kappa shape index (κ1) is 15.7. The van der Waals surface area contributed by atoms with Crippen LogP contribution in [0.2, 0.25) is 0 Å². The van der Waals surface area contributed by atoms with E-state index >= 15 is 0 Å². The summed E-state index contributed by atoms with van der Waals surface area (Å²) in [6.07, 6.45) is 3.50. The molecule has 0 unspecified atom stereocenters. The van der Waals surface area contributed by atoms with Crippen LogP contribution in [0.4, 0.5) is 0 Å². The van der Waals surface area contributed by atoms with E-state index in [0.29, 0.717) is 13.0 Å². The summed E-state index contributed by atoms with van der Waals surface area (Å²) in [5.74, 6) is -0.537. The first-order valence-electron chi connectivity index (χ1n) is 7.85. The lowest BCUT2D eigenvalue weighted by molar-refractivity contribution is -0.149. The Morgan fingerprint density at radius 1 is 1.24 bits per heavy atom. The maximum Gasteiger partial charge on any atom is 0.290 e. The van der Waals surface area contributed by atoms with Crippen molar-refractivity contribution < 1.29 is 9.59 Å². The van der Waals surface area contributed by atoms with Gasteiger partial charge in [0.15, 0.2) is 0 Å². The first-order valence-corrected chi connectivity index (χ1v) is 7.85. The second kappa shape index (κ2) is 6.42. The number of Topliss-reactive ketones (excluding diaryl/α,β-unsaturated/α-hetero) is 1. The predicted molar refractivity (Wildman–Crippen MR) is 84.0 cm³/mol. The highest BCUT2D eigenvalue weighted by Crippen LogP contribution is 2.26. The van der Waals surface area contributed by atoms with Crippen LogP contribution in [0.3, 0.4) is 0 Å². The normalized spacial score (nSPS) is 18.8. The smallest absolute Gasteiger partial charge is 0.290 e. The maximum atomic E-state index is 12.5. The quantitative estimate of drug-likeness (QED) is 0.780. The van der Waals surface area contributed by atoms with E-state index < -0.39 is 5.41 Å². The van der Waals surface area contributed by atoms with Gasteiger partial charge in [0.2, 0.25) is 5.78 Å². The third kappa shape index (κ3) is 3.52. The first-order chi connectivity index (χ1) is 9.95. The molecule has 1 saturated heterocycles. The van der Waals surface area contributed by atoms with Crippen molar-refractivity contribution >= 4 is 11.7 Å². The highest BCUT2D eigenvalue weighted by atomic mass is 16.2. The summed E-state index contributed by atoms with van der Waals surface area (Å²) < 4.78 is 0. The molecule has 3 heteroatoms. The summed E-state index contributed by atoms with van der Waals surface area (Å²) in [6, 6.07) is 10.4. The summed E-state index contributed by atoms with van der Waals surface area (Å²) in [5.41, 5.74) is 0.668. The Labute approximate surface area is 127 Å². The number of likely N-dealkylation sites (tertiary alicyclic amines) is 1. The molecule has 1 amide bonds. The molecular formula is C18H25NO2. The second-order valence-corrected chi connectivity index (χ2v) is 6.55. The van der Waals surface area contributed by atoms with E-state index in [4.69, 9.17) is 0 Å². The fourth-order valence-corrected chi connectivity index (χ4v) is 2.78. The molecule has 0 N–H and O–H groups in total. The van der Waals surface area contributed by atoms with Crippen molar-refractivity contribution in [1.29, 1.82) is 0 Å². The SMILES string of the molecule is CCC(C)(C)C(=O)C(=O)N1CCC[C@@H]1Cc1ccccc1. The molecule has 0 aromatic heterocycles. The lowest BCUT2D eigenvalue weighted by Crippen LogP contribution is -2.45. The molecule has 2 rings (SSSR count). The lowest BCUT2D eigenvalue weighted by atomic mass is 9.84. The molecule has 1 fully saturated rings. The van der Waals surface area contributed by atoms with Crippen molar-refractivity contribution in [2.24, 2.45) is 5.41 Å². The number of hydrogen-bond acceptors (Lipinski definition) is 2. The van der Waals surface area contributed by atoms with Gasteiger partial charge in [-0.15, -0.1) is 0 Å². The average Bonchev–Trinajstić information content (AvgIpc) is 2.94. The van der Waals surface area contributed by atoms with Crippen LogP contribution in [-0.2, 0) is 16.0 Å². The van der Waals surface area contributed by atoms with E-state index in [9.17, 15) is 9.59 Å². The fraction of sp³-hybridized carbons (Fsp3) is 0.556. The van der Waals surface area contributed by atoms with Gasteiger partial charge in [-0.3, -0.25) is 9.59 Å². The van der Waals surface area contributed by atoms with Gasteiger partial charge in [0.05, 0.1) is 0 Å². The highest BCUT2D eigenvalue weighted by molar-refractivity contribution is 6.38. The average molecular weight is 287 g/mol. The van der Waals surface area contributed by atoms with Gasteiger partial charge in [-0.2, -0.15) is 0 Å². The van der Waals surface area contributed by atoms with Gasteiger partial charge >= 0.3 is 0 Å². The minimum absolute atomic E-state index is 0.163. The fourth-order valence-electron chi connectivity index (χ4n) is 2.78.